The van der Waals surface area contributed by atoms with Crippen molar-refractivity contribution in [1.82, 2.24) is 14.5 Å². The van der Waals surface area contributed by atoms with Crippen molar-refractivity contribution in [2.45, 2.75) is 6.54 Å². The zero-order valence-electron chi connectivity index (χ0n) is 15.9. The monoisotopic (exact) mass is 427 g/mol. The summed E-state index contributed by atoms with van der Waals surface area (Å²) in [6.45, 7) is 2.19. The lowest BCUT2D eigenvalue weighted by Crippen LogP contribution is -2.50. The number of carbonyl (C=O) groups is 1. The molecule has 1 aromatic heterocycles. The molecular weight excluding hydrogens is 410 g/mol. The van der Waals surface area contributed by atoms with Crippen LogP contribution >= 0.6 is 11.6 Å². The number of nitro groups is 1. The van der Waals surface area contributed by atoms with E-state index in [9.17, 15) is 19.7 Å². The van der Waals surface area contributed by atoms with E-state index in [-0.39, 0.29) is 23.5 Å². The lowest BCUT2D eigenvalue weighted by molar-refractivity contribution is -0.384. The van der Waals surface area contributed by atoms with Crippen LogP contribution in [-0.4, -0.2) is 51.5 Å². The van der Waals surface area contributed by atoms with Gasteiger partial charge in [0.15, 0.2) is 0 Å². The number of hydrogen-bond donors (Lipinski definition) is 0. The van der Waals surface area contributed by atoms with Crippen LogP contribution in [0, 0.1) is 10.1 Å². The van der Waals surface area contributed by atoms with Gasteiger partial charge in [0, 0.05) is 49.0 Å². The fourth-order valence-electron chi connectivity index (χ4n) is 3.51. The van der Waals surface area contributed by atoms with E-state index in [1.807, 2.05) is 24.3 Å². The number of halogens is 1. The quantitative estimate of drug-likeness (QED) is 0.467. The molecular formula is C20H18ClN5O4. The number of amides is 1. The van der Waals surface area contributed by atoms with Gasteiger partial charge in [-0.3, -0.25) is 24.3 Å². The molecule has 1 aliphatic heterocycles. The van der Waals surface area contributed by atoms with Gasteiger partial charge >= 0.3 is 0 Å². The molecule has 0 atom stereocenters. The molecule has 1 saturated heterocycles. The molecule has 0 bridgehead atoms. The molecule has 2 aromatic carbocycles. The molecule has 1 fully saturated rings. The molecule has 0 saturated carbocycles. The van der Waals surface area contributed by atoms with Crippen molar-refractivity contribution in [2.24, 2.45) is 0 Å². The van der Waals surface area contributed by atoms with E-state index < -0.39 is 10.5 Å². The molecule has 30 heavy (non-hydrogen) atoms. The minimum absolute atomic E-state index is 0.116. The van der Waals surface area contributed by atoms with Crippen molar-refractivity contribution >= 4 is 39.8 Å². The van der Waals surface area contributed by atoms with Crippen LogP contribution in [0.25, 0.3) is 10.9 Å². The predicted octanol–water partition coefficient (Wildman–Crippen LogP) is 2.31. The number of benzene rings is 2. The molecule has 3 aromatic rings. The van der Waals surface area contributed by atoms with Gasteiger partial charge in [-0.15, -0.1) is 0 Å². The number of carbonyl (C=O) groups excluding carboxylic acids is 1. The zero-order valence-corrected chi connectivity index (χ0v) is 16.7. The molecule has 1 amide bonds. The van der Waals surface area contributed by atoms with E-state index in [1.54, 1.807) is 4.90 Å². The number of non-ortho nitro benzene ring substituents is 1. The third-order valence-corrected chi connectivity index (χ3v) is 5.36. The van der Waals surface area contributed by atoms with E-state index in [4.69, 9.17) is 11.6 Å². The second-order valence-corrected chi connectivity index (χ2v) is 7.42. The smallest absolute Gasteiger partial charge is 0.270 e. The maximum atomic E-state index is 12.7. The average Bonchev–Trinajstić information content (AvgIpc) is 2.75. The van der Waals surface area contributed by atoms with Gasteiger partial charge in [0.25, 0.3) is 11.2 Å². The van der Waals surface area contributed by atoms with E-state index in [2.05, 4.69) is 9.88 Å². The van der Waals surface area contributed by atoms with Crippen LogP contribution in [0.2, 0.25) is 5.02 Å². The van der Waals surface area contributed by atoms with Crippen molar-refractivity contribution in [3.8, 4) is 0 Å². The third-order valence-electron chi connectivity index (χ3n) is 5.13. The summed E-state index contributed by atoms with van der Waals surface area (Å²) >= 11 is 6.05. The fourth-order valence-corrected chi connectivity index (χ4v) is 3.69. The van der Waals surface area contributed by atoms with Crippen LogP contribution in [0.5, 0.6) is 0 Å². The minimum Gasteiger partial charge on any atom is -0.368 e. The number of nitro benzene ring substituents is 1. The van der Waals surface area contributed by atoms with E-state index in [1.165, 1.54) is 29.1 Å². The van der Waals surface area contributed by atoms with Crippen LogP contribution in [0.3, 0.4) is 0 Å². The summed E-state index contributed by atoms with van der Waals surface area (Å²) in [5.74, 6) is -0.200. The summed E-state index contributed by atoms with van der Waals surface area (Å²) in [6, 6.07) is 11.5. The standard InChI is InChI=1S/C20H18ClN5O4/c21-14-2-1-3-15(10-14)23-6-8-24(9-7-23)19(27)12-25-13-22-18-5-4-16(26(29)30)11-17(18)20(25)28/h1-5,10-11,13H,6-9,12H2. The van der Waals surface area contributed by atoms with Crippen molar-refractivity contribution in [2.75, 3.05) is 31.1 Å². The summed E-state index contributed by atoms with van der Waals surface area (Å²) in [6.07, 6.45) is 1.30. The molecule has 154 valence electrons. The first-order valence-corrected chi connectivity index (χ1v) is 9.72. The normalized spacial score (nSPS) is 14.2. The molecule has 9 nitrogen and oxygen atoms in total. The van der Waals surface area contributed by atoms with Gasteiger partial charge in [0.05, 0.1) is 22.2 Å². The summed E-state index contributed by atoms with van der Waals surface area (Å²) in [4.78, 5) is 43.8. The highest BCUT2D eigenvalue weighted by Crippen LogP contribution is 2.21. The Balaban J connectivity index is 1.46. The van der Waals surface area contributed by atoms with Crippen LogP contribution in [0.15, 0.2) is 53.6 Å². The van der Waals surface area contributed by atoms with E-state index in [0.29, 0.717) is 36.7 Å². The van der Waals surface area contributed by atoms with Gasteiger partial charge in [0.2, 0.25) is 5.91 Å². The SMILES string of the molecule is O=C(Cn1cnc2ccc([N+](=O)[O-])cc2c1=O)N1CCN(c2cccc(Cl)c2)CC1. The molecule has 0 N–H and O–H groups in total. The topological polar surface area (TPSA) is 102 Å². The Kier molecular flexibility index (Phi) is 5.37. The molecule has 1 aliphatic rings. The number of nitrogens with zero attached hydrogens (tertiary/aromatic N) is 5. The number of rotatable bonds is 4. The summed E-state index contributed by atoms with van der Waals surface area (Å²) < 4.78 is 1.19. The highest BCUT2D eigenvalue weighted by atomic mass is 35.5. The molecule has 10 heteroatoms. The second kappa shape index (κ2) is 8.11. The van der Waals surface area contributed by atoms with Gasteiger partial charge in [-0.05, 0) is 24.3 Å². The lowest BCUT2D eigenvalue weighted by Gasteiger charge is -2.36. The summed E-state index contributed by atoms with van der Waals surface area (Å²) in [7, 11) is 0. The molecule has 4 rings (SSSR count). The summed E-state index contributed by atoms with van der Waals surface area (Å²) in [5.41, 5.74) is 0.688. The van der Waals surface area contributed by atoms with Crippen molar-refractivity contribution in [3.63, 3.8) is 0 Å². The lowest BCUT2D eigenvalue weighted by atomic mass is 10.2. The first kappa shape index (κ1) is 19.8. The molecule has 2 heterocycles. The Labute approximate surface area is 176 Å². The van der Waals surface area contributed by atoms with Crippen molar-refractivity contribution in [3.05, 3.63) is 74.3 Å². The van der Waals surface area contributed by atoms with Gasteiger partial charge in [-0.1, -0.05) is 17.7 Å². The number of hydrogen-bond acceptors (Lipinski definition) is 6. The van der Waals surface area contributed by atoms with Crippen molar-refractivity contribution < 1.29 is 9.72 Å². The third kappa shape index (κ3) is 3.97. The first-order valence-electron chi connectivity index (χ1n) is 9.34. The molecule has 0 radical (unpaired) electrons. The minimum atomic E-state index is -0.569. The number of anilines is 1. The van der Waals surface area contributed by atoms with E-state index in [0.717, 1.165) is 5.69 Å². The van der Waals surface area contributed by atoms with Crippen LogP contribution in [-0.2, 0) is 11.3 Å². The highest BCUT2D eigenvalue weighted by Gasteiger charge is 2.22. The Morgan fingerprint density at radius 3 is 2.60 bits per heavy atom. The van der Waals surface area contributed by atoms with Crippen molar-refractivity contribution in [1.29, 1.82) is 0 Å². The average molecular weight is 428 g/mol. The van der Waals surface area contributed by atoms with Gasteiger partial charge in [0.1, 0.15) is 6.54 Å². The molecule has 0 spiro atoms. The van der Waals surface area contributed by atoms with Gasteiger partial charge in [-0.2, -0.15) is 0 Å². The summed E-state index contributed by atoms with van der Waals surface area (Å²) in [5, 5.41) is 11.8. The first-order chi connectivity index (χ1) is 14.4. The molecule has 0 aliphatic carbocycles. The Morgan fingerprint density at radius 1 is 1.13 bits per heavy atom. The van der Waals surface area contributed by atoms with Gasteiger partial charge < -0.3 is 9.80 Å². The largest absolute Gasteiger partial charge is 0.368 e. The van der Waals surface area contributed by atoms with E-state index >= 15 is 0 Å². The Hall–Kier alpha value is -3.46. The second-order valence-electron chi connectivity index (χ2n) is 6.98. The maximum Gasteiger partial charge on any atom is 0.270 e. The Morgan fingerprint density at radius 2 is 1.90 bits per heavy atom. The predicted molar refractivity (Wildman–Crippen MR) is 113 cm³/mol. The van der Waals surface area contributed by atoms with Crippen LogP contribution in [0.4, 0.5) is 11.4 Å². The van der Waals surface area contributed by atoms with Gasteiger partial charge in [-0.25, -0.2) is 4.98 Å². The maximum absolute atomic E-state index is 12.7. The Bertz CT molecular complexity index is 1190. The molecule has 0 unspecified atom stereocenters. The number of fused-ring (bicyclic) bond motifs is 1. The van der Waals surface area contributed by atoms with Crippen LogP contribution < -0.4 is 10.5 Å². The number of piperazine rings is 1. The number of aromatic nitrogens is 2. The van der Waals surface area contributed by atoms with Crippen LogP contribution in [0.1, 0.15) is 0 Å². The highest BCUT2D eigenvalue weighted by molar-refractivity contribution is 6.30. The fraction of sp³-hybridized carbons (Fsp3) is 0.250. The zero-order chi connectivity index (χ0) is 21.3.